The number of nitrogens with one attached hydrogen (secondary N) is 2. The highest BCUT2D eigenvalue weighted by molar-refractivity contribution is 7.99. The van der Waals surface area contributed by atoms with Crippen LogP contribution in [0.25, 0.3) is 10.9 Å². The summed E-state index contributed by atoms with van der Waals surface area (Å²) in [7, 11) is 0. The Kier molecular flexibility index (Phi) is 4.58. The van der Waals surface area contributed by atoms with Gasteiger partial charge in [-0.25, -0.2) is 0 Å². The van der Waals surface area contributed by atoms with Gasteiger partial charge in [-0.3, -0.25) is 0 Å². The first kappa shape index (κ1) is 14.5. The molecule has 1 unspecified atom stereocenters. The Balaban J connectivity index is 2.04. The van der Waals surface area contributed by atoms with Crippen molar-refractivity contribution in [2.75, 3.05) is 12.3 Å². The molecule has 0 aliphatic rings. The second-order valence-corrected chi connectivity index (χ2v) is 7.07. The fraction of sp³-hybridized carbons (Fsp3) is 0.500. The van der Waals surface area contributed by atoms with Crippen LogP contribution in [0.2, 0.25) is 0 Å². The first-order valence-electron chi connectivity index (χ1n) is 6.94. The number of H-pyrrole nitrogens is 1. The second kappa shape index (κ2) is 6.02. The average molecular weight is 276 g/mol. The quantitative estimate of drug-likeness (QED) is 0.798. The normalized spacial score (nSPS) is 13.9. The molecule has 1 heterocycles. The van der Waals surface area contributed by atoms with Crippen LogP contribution in [0.3, 0.4) is 0 Å². The van der Waals surface area contributed by atoms with Crippen molar-refractivity contribution in [3.05, 3.63) is 30.3 Å². The number of aromatic amines is 1. The number of hydrogen-bond acceptors (Lipinski definition) is 2. The van der Waals surface area contributed by atoms with Gasteiger partial charge >= 0.3 is 0 Å². The standard InChI is InChI=1S/C16H24N2S/c1-5-17-14(16(2,3)4)11-19-15-10-12-8-6-7-9-13(12)18-15/h6-10,14,17-18H,5,11H2,1-4H3. The van der Waals surface area contributed by atoms with E-state index in [4.69, 9.17) is 0 Å². The van der Waals surface area contributed by atoms with E-state index in [9.17, 15) is 0 Å². The van der Waals surface area contributed by atoms with E-state index in [0.29, 0.717) is 6.04 Å². The van der Waals surface area contributed by atoms with E-state index in [2.05, 4.69) is 68.3 Å². The largest absolute Gasteiger partial charge is 0.350 e. The van der Waals surface area contributed by atoms with Crippen molar-refractivity contribution in [1.82, 2.24) is 10.3 Å². The predicted octanol–water partition coefficient (Wildman–Crippen LogP) is 4.28. The molecule has 1 atom stereocenters. The molecular formula is C16H24N2S. The number of benzene rings is 1. The summed E-state index contributed by atoms with van der Waals surface area (Å²) in [5, 5.41) is 6.14. The third-order valence-electron chi connectivity index (χ3n) is 3.41. The van der Waals surface area contributed by atoms with Crippen LogP contribution in [0, 0.1) is 5.41 Å². The number of thioether (sulfide) groups is 1. The number of para-hydroxylation sites is 1. The minimum atomic E-state index is 0.287. The minimum Gasteiger partial charge on any atom is -0.350 e. The molecule has 0 spiro atoms. The zero-order chi connectivity index (χ0) is 13.9. The van der Waals surface area contributed by atoms with E-state index in [1.54, 1.807) is 0 Å². The van der Waals surface area contributed by atoms with Gasteiger partial charge in [-0.2, -0.15) is 0 Å². The SMILES string of the molecule is CCNC(CSc1cc2ccccc2[nH]1)C(C)(C)C. The van der Waals surface area contributed by atoms with Crippen molar-refractivity contribution in [3.8, 4) is 0 Å². The molecule has 104 valence electrons. The minimum absolute atomic E-state index is 0.287. The molecule has 3 heteroatoms. The van der Waals surface area contributed by atoms with Crippen LogP contribution in [-0.2, 0) is 0 Å². The first-order valence-corrected chi connectivity index (χ1v) is 7.93. The van der Waals surface area contributed by atoms with Crippen LogP contribution in [0.15, 0.2) is 35.4 Å². The molecule has 0 fully saturated rings. The summed E-state index contributed by atoms with van der Waals surface area (Å²) in [6.45, 7) is 10.1. The van der Waals surface area contributed by atoms with Crippen LogP contribution >= 0.6 is 11.8 Å². The first-order chi connectivity index (χ1) is 9.00. The fourth-order valence-corrected chi connectivity index (χ4v) is 3.52. The smallest absolute Gasteiger partial charge is 0.0733 e. The molecule has 0 aliphatic carbocycles. The summed E-state index contributed by atoms with van der Waals surface area (Å²) in [6, 6.07) is 11.2. The summed E-state index contributed by atoms with van der Waals surface area (Å²) >= 11 is 1.90. The van der Waals surface area contributed by atoms with Gasteiger partial charge in [-0.05, 0) is 24.1 Å². The van der Waals surface area contributed by atoms with Crippen molar-refractivity contribution in [2.24, 2.45) is 5.41 Å². The highest BCUT2D eigenvalue weighted by Crippen LogP contribution is 2.28. The summed E-state index contributed by atoms with van der Waals surface area (Å²) in [6.07, 6.45) is 0. The molecule has 2 aromatic rings. The predicted molar refractivity (Wildman–Crippen MR) is 85.9 cm³/mol. The molecule has 1 aromatic carbocycles. The fourth-order valence-electron chi connectivity index (χ4n) is 2.16. The van der Waals surface area contributed by atoms with Crippen LogP contribution in [0.1, 0.15) is 27.7 Å². The van der Waals surface area contributed by atoms with Gasteiger partial charge in [0, 0.05) is 22.7 Å². The third kappa shape index (κ3) is 3.77. The van der Waals surface area contributed by atoms with Crippen molar-refractivity contribution >= 4 is 22.7 Å². The molecule has 0 bridgehead atoms. The summed E-state index contributed by atoms with van der Waals surface area (Å²) in [4.78, 5) is 3.48. The summed E-state index contributed by atoms with van der Waals surface area (Å²) in [5.74, 6) is 1.09. The Labute approximate surface area is 120 Å². The van der Waals surface area contributed by atoms with Gasteiger partial charge in [0.15, 0.2) is 0 Å². The van der Waals surface area contributed by atoms with Gasteiger partial charge in [0.1, 0.15) is 0 Å². The van der Waals surface area contributed by atoms with Gasteiger partial charge in [0.25, 0.3) is 0 Å². The average Bonchev–Trinajstić information content (AvgIpc) is 2.75. The molecule has 1 aromatic heterocycles. The van der Waals surface area contributed by atoms with Crippen LogP contribution in [0.4, 0.5) is 0 Å². The molecule has 2 nitrogen and oxygen atoms in total. The molecule has 2 rings (SSSR count). The topological polar surface area (TPSA) is 27.8 Å². The monoisotopic (exact) mass is 276 g/mol. The number of fused-ring (bicyclic) bond motifs is 1. The molecule has 0 amide bonds. The lowest BCUT2D eigenvalue weighted by Crippen LogP contribution is -2.42. The highest BCUT2D eigenvalue weighted by atomic mass is 32.2. The number of aromatic nitrogens is 1. The third-order valence-corrected chi connectivity index (χ3v) is 4.44. The maximum atomic E-state index is 3.59. The van der Waals surface area contributed by atoms with Gasteiger partial charge in [-0.1, -0.05) is 45.9 Å². The Morgan fingerprint density at radius 1 is 1.26 bits per heavy atom. The van der Waals surface area contributed by atoms with E-state index >= 15 is 0 Å². The molecular weight excluding hydrogens is 252 g/mol. The second-order valence-electron chi connectivity index (χ2n) is 6.01. The Hall–Kier alpha value is -0.930. The number of rotatable bonds is 5. The van der Waals surface area contributed by atoms with Gasteiger partial charge in [-0.15, -0.1) is 11.8 Å². The Morgan fingerprint density at radius 3 is 2.63 bits per heavy atom. The summed E-state index contributed by atoms with van der Waals surface area (Å²) in [5.41, 5.74) is 1.51. The summed E-state index contributed by atoms with van der Waals surface area (Å²) < 4.78 is 0. The van der Waals surface area contributed by atoms with Gasteiger partial charge in [0.2, 0.25) is 0 Å². The van der Waals surface area contributed by atoms with Crippen molar-refractivity contribution in [3.63, 3.8) is 0 Å². The molecule has 0 saturated carbocycles. The Bertz CT molecular complexity index is 492. The van der Waals surface area contributed by atoms with E-state index in [1.165, 1.54) is 15.9 Å². The van der Waals surface area contributed by atoms with Crippen LogP contribution in [-0.4, -0.2) is 23.3 Å². The van der Waals surface area contributed by atoms with Crippen molar-refractivity contribution in [2.45, 2.75) is 38.8 Å². The van der Waals surface area contributed by atoms with E-state index < -0.39 is 0 Å². The molecule has 0 saturated heterocycles. The zero-order valence-corrected chi connectivity index (χ0v) is 13.1. The zero-order valence-electron chi connectivity index (χ0n) is 12.3. The van der Waals surface area contributed by atoms with E-state index in [-0.39, 0.29) is 5.41 Å². The maximum Gasteiger partial charge on any atom is 0.0733 e. The maximum absolute atomic E-state index is 3.59. The van der Waals surface area contributed by atoms with Gasteiger partial charge in [0.05, 0.1) is 5.03 Å². The molecule has 2 N–H and O–H groups in total. The van der Waals surface area contributed by atoms with Crippen LogP contribution < -0.4 is 5.32 Å². The van der Waals surface area contributed by atoms with Gasteiger partial charge < -0.3 is 10.3 Å². The van der Waals surface area contributed by atoms with E-state index in [0.717, 1.165) is 12.3 Å². The molecule has 19 heavy (non-hydrogen) atoms. The molecule has 0 aliphatic heterocycles. The van der Waals surface area contributed by atoms with Crippen molar-refractivity contribution in [1.29, 1.82) is 0 Å². The van der Waals surface area contributed by atoms with E-state index in [1.807, 2.05) is 11.8 Å². The lowest BCUT2D eigenvalue weighted by Gasteiger charge is -2.31. The highest BCUT2D eigenvalue weighted by Gasteiger charge is 2.23. The lowest BCUT2D eigenvalue weighted by atomic mass is 9.88. The lowest BCUT2D eigenvalue weighted by molar-refractivity contribution is 0.295. The molecule has 0 radical (unpaired) electrons. The van der Waals surface area contributed by atoms with Crippen molar-refractivity contribution < 1.29 is 0 Å². The van der Waals surface area contributed by atoms with Crippen LogP contribution in [0.5, 0.6) is 0 Å². The Morgan fingerprint density at radius 2 is 2.00 bits per heavy atom. The number of hydrogen-bond donors (Lipinski definition) is 2.